The SMILES string of the molecule is CCPC(=S)c1c(C)cccc1Cl.[Li]. The first-order valence-corrected chi connectivity index (χ1v) is 6.19. The van der Waals surface area contributed by atoms with Crippen LogP contribution in [-0.4, -0.2) is 29.6 Å². The molecule has 0 N–H and O–H groups in total. The molecule has 71 valence electrons. The summed E-state index contributed by atoms with van der Waals surface area (Å²) in [6, 6.07) is 5.91. The van der Waals surface area contributed by atoms with Gasteiger partial charge < -0.3 is 0 Å². The maximum atomic E-state index is 6.08. The molecule has 1 aromatic rings. The molecule has 1 unspecified atom stereocenters. The summed E-state index contributed by atoms with van der Waals surface area (Å²) in [5.41, 5.74) is 2.25. The van der Waals surface area contributed by atoms with E-state index in [-0.39, 0.29) is 18.9 Å². The molecule has 0 saturated carbocycles. The zero-order chi connectivity index (χ0) is 9.84. The average Bonchev–Trinajstić information content (AvgIpc) is 2.04. The fraction of sp³-hybridized carbons (Fsp3) is 0.300. The van der Waals surface area contributed by atoms with Gasteiger partial charge in [0.05, 0.1) is 0 Å². The molecule has 0 aromatic heterocycles. The predicted molar refractivity (Wildman–Crippen MR) is 72.5 cm³/mol. The number of benzene rings is 1. The maximum Gasteiger partial charge on any atom is 0.0495 e. The van der Waals surface area contributed by atoms with E-state index in [2.05, 4.69) is 6.92 Å². The smallest absolute Gasteiger partial charge is 0.0495 e. The van der Waals surface area contributed by atoms with E-state index in [1.165, 1.54) is 5.56 Å². The number of thiocarbonyl (C=S) groups is 1. The molecule has 0 aliphatic carbocycles. The Kier molecular flexibility index (Phi) is 7.31. The summed E-state index contributed by atoms with van der Waals surface area (Å²) < 4.78 is 1.01. The van der Waals surface area contributed by atoms with E-state index in [4.69, 9.17) is 23.8 Å². The van der Waals surface area contributed by atoms with Gasteiger partial charge in [0.15, 0.2) is 0 Å². The Morgan fingerprint density at radius 3 is 2.64 bits per heavy atom. The molecule has 0 saturated heterocycles. The summed E-state index contributed by atoms with van der Waals surface area (Å²) in [7, 11) is 0.706. The van der Waals surface area contributed by atoms with Gasteiger partial charge in [0, 0.05) is 34.1 Å². The van der Waals surface area contributed by atoms with Gasteiger partial charge in [-0.2, -0.15) is 0 Å². The molecule has 4 heteroatoms. The van der Waals surface area contributed by atoms with E-state index >= 15 is 0 Å². The van der Waals surface area contributed by atoms with E-state index < -0.39 is 0 Å². The third-order valence-corrected chi connectivity index (χ3v) is 3.66. The van der Waals surface area contributed by atoms with Gasteiger partial charge in [0.25, 0.3) is 0 Å². The van der Waals surface area contributed by atoms with Crippen LogP contribution in [0.2, 0.25) is 5.02 Å². The van der Waals surface area contributed by atoms with Crippen LogP contribution in [0.5, 0.6) is 0 Å². The first kappa shape index (κ1) is 14.6. The summed E-state index contributed by atoms with van der Waals surface area (Å²) in [6.45, 7) is 4.19. The summed E-state index contributed by atoms with van der Waals surface area (Å²) in [6.07, 6.45) is 1.10. The number of halogens is 1. The minimum absolute atomic E-state index is 0. The largest absolute Gasteiger partial charge is 0.0836 e. The van der Waals surface area contributed by atoms with Crippen LogP contribution in [0.25, 0.3) is 0 Å². The summed E-state index contributed by atoms with van der Waals surface area (Å²) >= 11 is 11.4. The van der Waals surface area contributed by atoms with Crippen LogP contribution in [0.1, 0.15) is 18.1 Å². The number of rotatable bonds is 3. The summed E-state index contributed by atoms with van der Waals surface area (Å²) in [5.74, 6) is 0. The van der Waals surface area contributed by atoms with E-state index in [1.54, 1.807) is 0 Å². The molecule has 0 aliphatic heterocycles. The third kappa shape index (κ3) is 3.65. The van der Waals surface area contributed by atoms with Crippen LogP contribution >= 0.6 is 32.4 Å². The van der Waals surface area contributed by atoms with Gasteiger partial charge in [-0.15, -0.1) is 0 Å². The molecule has 1 aromatic carbocycles. The van der Waals surface area contributed by atoms with Crippen molar-refractivity contribution < 1.29 is 0 Å². The van der Waals surface area contributed by atoms with Crippen molar-refractivity contribution >= 4 is 55.9 Å². The number of hydrogen-bond donors (Lipinski definition) is 0. The molecule has 0 nitrogen and oxygen atoms in total. The first-order valence-electron chi connectivity index (χ1n) is 4.20. The Labute approximate surface area is 110 Å². The second kappa shape index (κ2) is 6.99. The van der Waals surface area contributed by atoms with Crippen molar-refractivity contribution in [3.63, 3.8) is 0 Å². The van der Waals surface area contributed by atoms with Gasteiger partial charge in [-0.25, -0.2) is 0 Å². The van der Waals surface area contributed by atoms with Crippen LogP contribution in [0, 0.1) is 6.92 Å². The second-order valence-electron chi connectivity index (χ2n) is 2.79. The molecule has 0 aliphatic rings. The molecule has 1 atom stereocenters. The van der Waals surface area contributed by atoms with Crippen molar-refractivity contribution in [2.75, 3.05) is 6.16 Å². The van der Waals surface area contributed by atoms with Crippen molar-refractivity contribution in [1.29, 1.82) is 0 Å². The second-order valence-corrected chi connectivity index (χ2v) is 5.53. The third-order valence-electron chi connectivity index (χ3n) is 1.79. The zero-order valence-electron chi connectivity index (χ0n) is 8.73. The Bertz CT molecular complexity index is 308. The van der Waals surface area contributed by atoms with Crippen LogP contribution in [0.3, 0.4) is 0 Å². The standard InChI is InChI=1S/C10H12ClPS.Li/c1-3-12-10(13)9-7(2)5-4-6-8(9)11;/h4-6,12H,3H2,1-2H3;. The Morgan fingerprint density at radius 2 is 2.14 bits per heavy atom. The van der Waals surface area contributed by atoms with Crippen molar-refractivity contribution in [2.45, 2.75) is 13.8 Å². The van der Waals surface area contributed by atoms with E-state index in [1.807, 2.05) is 25.1 Å². The van der Waals surface area contributed by atoms with Gasteiger partial charge in [0.2, 0.25) is 0 Å². The van der Waals surface area contributed by atoms with Crippen LogP contribution < -0.4 is 0 Å². The minimum atomic E-state index is 0. The van der Waals surface area contributed by atoms with Gasteiger partial charge in [-0.3, -0.25) is 0 Å². The van der Waals surface area contributed by atoms with Crippen LogP contribution in [-0.2, 0) is 0 Å². The van der Waals surface area contributed by atoms with E-state index in [9.17, 15) is 0 Å². The maximum absolute atomic E-state index is 6.08. The topological polar surface area (TPSA) is 0 Å². The van der Waals surface area contributed by atoms with Gasteiger partial charge in [0.1, 0.15) is 0 Å². The van der Waals surface area contributed by atoms with Crippen molar-refractivity contribution in [3.05, 3.63) is 34.3 Å². The molecule has 1 rings (SSSR count). The van der Waals surface area contributed by atoms with Crippen LogP contribution in [0.15, 0.2) is 18.2 Å². The van der Waals surface area contributed by atoms with Crippen molar-refractivity contribution in [2.24, 2.45) is 0 Å². The molecule has 0 amide bonds. The first-order chi connectivity index (χ1) is 6.16. The predicted octanol–water partition coefficient (Wildman–Crippen LogP) is 3.64. The molecule has 1 radical (unpaired) electrons. The molecule has 0 bridgehead atoms. The normalized spacial score (nSPS) is 10.2. The van der Waals surface area contributed by atoms with Gasteiger partial charge in [-0.05, 0) is 24.7 Å². The van der Waals surface area contributed by atoms with Crippen molar-refractivity contribution in [1.82, 2.24) is 0 Å². The quantitative estimate of drug-likeness (QED) is 0.439. The van der Waals surface area contributed by atoms with Crippen LogP contribution in [0.4, 0.5) is 0 Å². The minimum Gasteiger partial charge on any atom is -0.0836 e. The van der Waals surface area contributed by atoms with E-state index in [0.717, 1.165) is 21.4 Å². The fourth-order valence-electron chi connectivity index (χ4n) is 1.17. The molecular weight excluding hydrogens is 226 g/mol. The monoisotopic (exact) mass is 237 g/mol. The Balaban J connectivity index is 0.00000169. The number of aryl methyl sites for hydroxylation is 1. The fourth-order valence-corrected chi connectivity index (χ4v) is 3.15. The van der Waals surface area contributed by atoms with Gasteiger partial charge in [-0.1, -0.05) is 51.5 Å². The Hall–Kier alpha value is 0.627. The average molecular weight is 238 g/mol. The molecule has 14 heavy (non-hydrogen) atoms. The molecular formula is C10H12ClLiPS. The van der Waals surface area contributed by atoms with Gasteiger partial charge >= 0.3 is 0 Å². The molecule has 0 spiro atoms. The van der Waals surface area contributed by atoms with E-state index in [0.29, 0.717) is 8.58 Å². The van der Waals surface area contributed by atoms with Crippen molar-refractivity contribution in [3.8, 4) is 0 Å². The zero-order valence-corrected chi connectivity index (χ0v) is 11.3. The Morgan fingerprint density at radius 1 is 1.50 bits per heavy atom. The number of hydrogen-bond acceptors (Lipinski definition) is 1. The molecule has 0 fully saturated rings. The molecule has 0 heterocycles. The summed E-state index contributed by atoms with van der Waals surface area (Å²) in [4.78, 5) is 0. The summed E-state index contributed by atoms with van der Waals surface area (Å²) in [5, 5.41) is 0.783.